The Kier molecular flexibility index (Phi) is 7.67. The van der Waals surface area contributed by atoms with E-state index in [1.807, 2.05) is 32.3 Å². The average molecular weight is 477 g/mol. The number of hydrogen-bond acceptors (Lipinski definition) is 7. The smallest absolute Gasteiger partial charge is 0.228 e. The summed E-state index contributed by atoms with van der Waals surface area (Å²) in [4.78, 5) is 20.0. The normalized spacial score (nSPS) is 15.0. The second-order valence-corrected chi connectivity index (χ2v) is 9.01. The topological polar surface area (TPSA) is 83.8 Å². The molecular weight excluding hydrogens is 443 g/mol. The maximum absolute atomic E-state index is 14.8. The monoisotopic (exact) mass is 476 g/mol. The van der Waals surface area contributed by atoms with Gasteiger partial charge in [-0.1, -0.05) is 12.7 Å². The minimum Gasteiger partial charge on any atom is -0.326 e. The van der Waals surface area contributed by atoms with Gasteiger partial charge in [-0.25, -0.2) is 24.3 Å². The summed E-state index contributed by atoms with van der Waals surface area (Å²) in [6.07, 6.45) is 8.40. The van der Waals surface area contributed by atoms with Crippen molar-refractivity contribution in [1.82, 2.24) is 34.7 Å². The largest absolute Gasteiger partial charge is 0.326 e. The van der Waals surface area contributed by atoms with Crippen LogP contribution in [0.2, 0.25) is 0 Å². The number of imidazole rings is 1. The van der Waals surface area contributed by atoms with Crippen LogP contribution in [0.15, 0.2) is 37.3 Å². The van der Waals surface area contributed by atoms with Crippen LogP contribution in [0.25, 0.3) is 11.6 Å². The fraction of sp³-hybridized carbons (Fsp3) is 0.385. The minimum absolute atomic E-state index is 0.222. The van der Waals surface area contributed by atoms with Crippen LogP contribution in [0.3, 0.4) is 0 Å². The zero-order valence-electron chi connectivity index (χ0n) is 20.8. The van der Waals surface area contributed by atoms with Crippen LogP contribution in [0.4, 0.5) is 16.2 Å². The number of piperazine rings is 1. The summed E-state index contributed by atoms with van der Waals surface area (Å²) in [6.45, 7) is 16.9. The van der Waals surface area contributed by atoms with Crippen LogP contribution in [-0.2, 0) is 6.54 Å². The standard InChI is InChI=1S/C26H33FN8/c1-6-21(11-24-18(4)32-19(5)35(24)17(2)3)22-12-25(29-15-23(22)27)33-26-30-13-20(14-31-26)16-34-9-7-28-8-10-34/h6,11-15,17,28H,1,7-10,16H2,2-5H3,(H,29,30,31,33)/b21-11+. The van der Waals surface area contributed by atoms with E-state index in [1.54, 1.807) is 12.1 Å². The molecule has 1 aliphatic rings. The van der Waals surface area contributed by atoms with Gasteiger partial charge in [0.25, 0.3) is 0 Å². The van der Waals surface area contributed by atoms with Gasteiger partial charge in [0.1, 0.15) is 17.5 Å². The van der Waals surface area contributed by atoms with Gasteiger partial charge in [0.15, 0.2) is 0 Å². The second-order valence-electron chi connectivity index (χ2n) is 9.01. The van der Waals surface area contributed by atoms with Crippen molar-refractivity contribution in [3.8, 4) is 0 Å². The van der Waals surface area contributed by atoms with Crippen LogP contribution in [0, 0.1) is 19.7 Å². The Hall–Kier alpha value is -3.43. The Bertz CT molecular complexity index is 1210. The third-order valence-corrected chi connectivity index (χ3v) is 6.06. The second kappa shape index (κ2) is 10.9. The number of rotatable bonds is 8. The van der Waals surface area contributed by atoms with Crippen molar-refractivity contribution in [3.63, 3.8) is 0 Å². The highest BCUT2D eigenvalue weighted by atomic mass is 19.1. The van der Waals surface area contributed by atoms with Crippen LogP contribution in [-0.4, -0.2) is 55.6 Å². The Morgan fingerprint density at radius 1 is 1.17 bits per heavy atom. The van der Waals surface area contributed by atoms with Crippen LogP contribution in [0.5, 0.6) is 0 Å². The third kappa shape index (κ3) is 5.80. The first-order valence-corrected chi connectivity index (χ1v) is 11.9. The fourth-order valence-electron chi connectivity index (χ4n) is 4.39. The maximum atomic E-state index is 14.8. The summed E-state index contributed by atoms with van der Waals surface area (Å²) in [6, 6.07) is 1.87. The van der Waals surface area contributed by atoms with E-state index in [9.17, 15) is 4.39 Å². The molecule has 0 saturated carbocycles. The fourth-order valence-corrected chi connectivity index (χ4v) is 4.39. The molecule has 4 rings (SSSR count). The SMILES string of the molecule is C=C/C(=C\c1c(C)nc(C)n1C(C)C)c1cc(Nc2ncc(CN3CCNCC3)cn2)ncc1F. The first-order valence-electron chi connectivity index (χ1n) is 11.9. The quantitative estimate of drug-likeness (QED) is 0.470. The molecule has 0 amide bonds. The van der Waals surface area contributed by atoms with Gasteiger partial charge in [0.2, 0.25) is 5.95 Å². The van der Waals surface area contributed by atoms with Crippen molar-refractivity contribution in [2.75, 3.05) is 31.5 Å². The van der Waals surface area contributed by atoms with Crippen molar-refractivity contribution in [2.45, 2.75) is 40.3 Å². The average Bonchev–Trinajstić information content (AvgIpc) is 3.13. The van der Waals surface area contributed by atoms with Gasteiger partial charge in [-0.15, -0.1) is 0 Å². The van der Waals surface area contributed by atoms with E-state index in [4.69, 9.17) is 0 Å². The molecule has 0 spiro atoms. The Labute approximate surface area is 206 Å². The van der Waals surface area contributed by atoms with Crippen LogP contribution < -0.4 is 10.6 Å². The lowest BCUT2D eigenvalue weighted by Crippen LogP contribution is -2.42. The third-order valence-electron chi connectivity index (χ3n) is 6.06. The number of anilines is 2. The van der Waals surface area contributed by atoms with E-state index in [1.165, 1.54) is 6.20 Å². The lowest BCUT2D eigenvalue weighted by Gasteiger charge is -2.26. The van der Waals surface area contributed by atoms with Crippen molar-refractivity contribution in [2.24, 2.45) is 0 Å². The molecule has 1 fully saturated rings. The van der Waals surface area contributed by atoms with Gasteiger partial charge in [0.05, 0.1) is 17.6 Å². The summed E-state index contributed by atoms with van der Waals surface area (Å²) in [5, 5.41) is 6.44. The number of nitrogens with zero attached hydrogens (tertiary/aromatic N) is 6. The van der Waals surface area contributed by atoms with E-state index in [0.717, 1.165) is 55.5 Å². The Morgan fingerprint density at radius 3 is 2.54 bits per heavy atom. The van der Waals surface area contributed by atoms with Crippen LogP contribution in [0.1, 0.15) is 48.2 Å². The molecule has 184 valence electrons. The lowest BCUT2D eigenvalue weighted by atomic mass is 10.0. The first-order chi connectivity index (χ1) is 16.9. The van der Waals surface area contributed by atoms with Gasteiger partial charge in [-0.3, -0.25) is 4.90 Å². The molecule has 3 aromatic heterocycles. The molecule has 35 heavy (non-hydrogen) atoms. The summed E-state index contributed by atoms with van der Waals surface area (Å²) in [5.41, 5.74) is 3.90. The van der Waals surface area contributed by atoms with E-state index >= 15 is 0 Å². The zero-order chi connectivity index (χ0) is 24.9. The maximum Gasteiger partial charge on any atom is 0.228 e. The summed E-state index contributed by atoms with van der Waals surface area (Å²) >= 11 is 0. The van der Waals surface area contributed by atoms with Gasteiger partial charge in [-0.2, -0.15) is 0 Å². The molecule has 0 unspecified atom stereocenters. The van der Waals surface area contributed by atoms with Crippen LogP contribution >= 0.6 is 0 Å². The molecule has 1 saturated heterocycles. The van der Waals surface area contributed by atoms with E-state index in [-0.39, 0.29) is 6.04 Å². The molecule has 0 radical (unpaired) electrons. The Morgan fingerprint density at radius 2 is 1.89 bits per heavy atom. The molecule has 2 N–H and O–H groups in total. The number of aromatic nitrogens is 5. The molecule has 0 aliphatic carbocycles. The highest BCUT2D eigenvalue weighted by molar-refractivity contribution is 5.88. The van der Waals surface area contributed by atoms with Gasteiger partial charge >= 0.3 is 0 Å². The first kappa shape index (κ1) is 24.7. The lowest BCUT2D eigenvalue weighted by molar-refractivity contribution is 0.233. The van der Waals surface area contributed by atoms with Crippen molar-refractivity contribution < 1.29 is 4.39 Å². The highest BCUT2D eigenvalue weighted by Gasteiger charge is 2.16. The molecule has 9 heteroatoms. The van der Waals surface area contributed by atoms with E-state index < -0.39 is 5.82 Å². The summed E-state index contributed by atoms with van der Waals surface area (Å²) < 4.78 is 17.0. The minimum atomic E-state index is -0.432. The summed E-state index contributed by atoms with van der Waals surface area (Å²) in [5.74, 6) is 1.35. The molecule has 0 bridgehead atoms. The van der Waals surface area contributed by atoms with Crippen molar-refractivity contribution in [1.29, 1.82) is 0 Å². The van der Waals surface area contributed by atoms with E-state index in [2.05, 4.69) is 60.5 Å². The number of halogens is 1. The number of hydrogen-bond donors (Lipinski definition) is 2. The van der Waals surface area contributed by atoms with Crippen molar-refractivity contribution in [3.05, 3.63) is 71.5 Å². The number of allylic oxidation sites excluding steroid dienone is 2. The van der Waals surface area contributed by atoms with E-state index in [0.29, 0.717) is 22.9 Å². The summed E-state index contributed by atoms with van der Waals surface area (Å²) in [7, 11) is 0. The van der Waals surface area contributed by atoms with Crippen molar-refractivity contribution >= 4 is 23.4 Å². The zero-order valence-corrected chi connectivity index (χ0v) is 20.8. The molecular formula is C26H33FN8. The number of aryl methyl sites for hydroxylation is 2. The number of nitrogens with one attached hydrogen (secondary N) is 2. The highest BCUT2D eigenvalue weighted by Crippen LogP contribution is 2.27. The number of pyridine rings is 1. The molecule has 1 aliphatic heterocycles. The molecule has 8 nitrogen and oxygen atoms in total. The predicted molar refractivity (Wildman–Crippen MR) is 138 cm³/mol. The van der Waals surface area contributed by atoms with Gasteiger partial charge in [0, 0.05) is 62.3 Å². The Balaban J connectivity index is 1.56. The molecule has 3 aromatic rings. The molecule has 4 heterocycles. The van der Waals surface area contributed by atoms with Gasteiger partial charge < -0.3 is 15.2 Å². The predicted octanol–water partition coefficient (Wildman–Crippen LogP) is 4.28. The molecule has 0 aromatic carbocycles. The van der Waals surface area contributed by atoms with Gasteiger partial charge in [-0.05, 0) is 45.4 Å². The molecule has 0 atom stereocenters.